The highest BCUT2D eigenvalue weighted by Crippen LogP contribution is 2.41. The van der Waals surface area contributed by atoms with E-state index in [0.717, 1.165) is 24.8 Å². The molecular formula is C17H20N2O3. The zero-order chi connectivity index (χ0) is 15.6. The maximum atomic E-state index is 12.2. The van der Waals surface area contributed by atoms with Gasteiger partial charge in [0.25, 0.3) is 0 Å². The Hall–Kier alpha value is -2.17. The maximum Gasteiger partial charge on any atom is 0.229 e. The van der Waals surface area contributed by atoms with Crippen LogP contribution in [0.1, 0.15) is 44.1 Å². The van der Waals surface area contributed by atoms with Crippen molar-refractivity contribution in [3.05, 3.63) is 35.9 Å². The van der Waals surface area contributed by atoms with Crippen molar-refractivity contribution >= 4 is 17.7 Å². The van der Waals surface area contributed by atoms with Crippen molar-refractivity contribution in [3.63, 3.8) is 0 Å². The summed E-state index contributed by atoms with van der Waals surface area (Å²) in [5.41, 5.74) is 0.861. The molecule has 0 atom stereocenters. The predicted molar refractivity (Wildman–Crippen MR) is 80.7 cm³/mol. The predicted octanol–water partition coefficient (Wildman–Crippen LogP) is 1.72. The first kappa shape index (κ1) is 14.8. The molecule has 1 aliphatic carbocycles. The van der Waals surface area contributed by atoms with Gasteiger partial charge in [-0.25, -0.2) is 0 Å². The summed E-state index contributed by atoms with van der Waals surface area (Å²) < 4.78 is 0. The number of likely N-dealkylation sites (tertiary alicyclic amines) is 1. The third-order valence-corrected chi connectivity index (χ3v) is 4.63. The van der Waals surface area contributed by atoms with Crippen molar-refractivity contribution in [1.82, 2.24) is 10.2 Å². The smallest absolute Gasteiger partial charge is 0.229 e. The van der Waals surface area contributed by atoms with Gasteiger partial charge in [0.1, 0.15) is 0 Å². The zero-order valence-electron chi connectivity index (χ0n) is 12.5. The number of benzene rings is 1. The van der Waals surface area contributed by atoms with Crippen LogP contribution < -0.4 is 5.32 Å². The van der Waals surface area contributed by atoms with Gasteiger partial charge >= 0.3 is 0 Å². The van der Waals surface area contributed by atoms with Crippen LogP contribution in [0.5, 0.6) is 0 Å². The summed E-state index contributed by atoms with van der Waals surface area (Å²) in [7, 11) is 0. The Morgan fingerprint density at radius 1 is 1.09 bits per heavy atom. The third-order valence-electron chi connectivity index (χ3n) is 4.63. The highest BCUT2D eigenvalue weighted by molar-refractivity contribution is 6.02. The standard InChI is InChI=1S/C17H20N2O3/c20-14(9-12-19-15(21)7-8-16(19)22)18-17(10-4-11-17)13-5-2-1-3-6-13/h1-3,5-6H,4,7-12H2,(H,18,20). The fraction of sp³-hybridized carbons (Fsp3) is 0.471. The van der Waals surface area contributed by atoms with Crippen LogP contribution >= 0.6 is 0 Å². The molecule has 5 nitrogen and oxygen atoms in total. The highest BCUT2D eigenvalue weighted by Gasteiger charge is 2.40. The monoisotopic (exact) mass is 300 g/mol. The van der Waals surface area contributed by atoms with E-state index >= 15 is 0 Å². The van der Waals surface area contributed by atoms with E-state index in [2.05, 4.69) is 5.32 Å². The van der Waals surface area contributed by atoms with E-state index in [-0.39, 0.29) is 49.1 Å². The normalized spacial score (nSPS) is 19.9. The van der Waals surface area contributed by atoms with E-state index in [1.165, 1.54) is 4.90 Å². The average molecular weight is 300 g/mol. The van der Waals surface area contributed by atoms with Crippen LogP contribution in [0.4, 0.5) is 0 Å². The first-order valence-corrected chi connectivity index (χ1v) is 7.80. The van der Waals surface area contributed by atoms with Gasteiger partial charge in [0.15, 0.2) is 0 Å². The molecule has 1 aromatic carbocycles. The third kappa shape index (κ3) is 2.75. The molecule has 0 unspecified atom stereocenters. The molecule has 116 valence electrons. The molecule has 0 radical (unpaired) electrons. The van der Waals surface area contributed by atoms with Crippen molar-refractivity contribution in [2.24, 2.45) is 0 Å². The first-order valence-electron chi connectivity index (χ1n) is 7.80. The number of carbonyl (C=O) groups is 3. The lowest BCUT2D eigenvalue weighted by molar-refractivity contribution is -0.138. The molecule has 1 aromatic rings. The van der Waals surface area contributed by atoms with Gasteiger partial charge in [0.2, 0.25) is 17.7 Å². The van der Waals surface area contributed by atoms with Crippen molar-refractivity contribution in [1.29, 1.82) is 0 Å². The molecule has 0 aromatic heterocycles. The Morgan fingerprint density at radius 3 is 2.27 bits per heavy atom. The quantitative estimate of drug-likeness (QED) is 0.842. The summed E-state index contributed by atoms with van der Waals surface area (Å²) in [6.45, 7) is 0.189. The Morgan fingerprint density at radius 2 is 1.73 bits per heavy atom. The highest BCUT2D eigenvalue weighted by atomic mass is 16.2. The summed E-state index contributed by atoms with van der Waals surface area (Å²) in [6.07, 6.45) is 3.68. The van der Waals surface area contributed by atoms with Gasteiger partial charge in [-0.15, -0.1) is 0 Å². The van der Waals surface area contributed by atoms with Gasteiger partial charge in [-0.2, -0.15) is 0 Å². The second-order valence-corrected chi connectivity index (χ2v) is 6.04. The van der Waals surface area contributed by atoms with Crippen LogP contribution in [0.3, 0.4) is 0 Å². The van der Waals surface area contributed by atoms with Gasteiger partial charge in [-0.3, -0.25) is 19.3 Å². The van der Waals surface area contributed by atoms with Gasteiger partial charge in [-0.05, 0) is 24.8 Å². The number of carbonyl (C=O) groups excluding carboxylic acids is 3. The fourth-order valence-electron chi connectivity index (χ4n) is 3.19. The summed E-state index contributed by atoms with van der Waals surface area (Å²) in [6, 6.07) is 9.98. The van der Waals surface area contributed by atoms with Crippen molar-refractivity contribution in [2.45, 2.75) is 44.1 Å². The van der Waals surface area contributed by atoms with Crippen LogP contribution in [0, 0.1) is 0 Å². The van der Waals surface area contributed by atoms with E-state index < -0.39 is 0 Å². The van der Waals surface area contributed by atoms with E-state index in [0.29, 0.717) is 0 Å². The number of nitrogens with one attached hydrogen (secondary N) is 1. The molecule has 1 saturated heterocycles. The minimum atomic E-state index is -0.266. The second-order valence-electron chi connectivity index (χ2n) is 6.04. The van der Waals surface area contributed by atoms with Crippen LogP contribution in [0.15, 0.2) is 30.3 Å². The lowest BCUT2D eigenvalue weighted by Crippen LogP contribution is -2.51. The number of rotatable bonds is 5. The van der Waals surface area contributed by atoms with Gasteiger partial charge in [0.05, 0.1) is 5.54 Å². The van der Waals surface area contributed by atoms with Crippen LogP contribution in [-0.4, -0.2) is 29.2 Å². The van der Waals surface area contributed by atoms with Crippen molar-refractivity contribution in [2.75, 3.05) is 6.54 Å². The minimum Gasteiger partial charge on any atom is -0.347 e. The molecule has 1 saturated carbocycles. The topological polar surface area (TPSA) is 66.5 Å². The molecule has 22 heavy (non-hydrogen) atoms. The largest absolute Gasteiger partial charge is 0.347 e. The molecule has 1 aliphatic heterocycles. The Kier molecular flexibility index (Phi) is 3.96. The van der Waals surface area contributed by atoms with Crippen molar-refractivity contribution < 1.29 is 14.4 Å². The minimum absolute atomic E-state index is 0.101. The molecule has 3 rings (SSSR count). The van der Waals surface area contributed by atoms with Crippen LogP contribution in [0.2, 0.25) is 0 Å². The van der Waals surface area contributed by atoms with Crippen molar-refractivity contribution in [3.8, 4) is 0 Å². The van der Waals surface area contributed by atoms with Crippen LogP contribution in [-0.2, 0) is 19.9 Å². The fourth-order valence-corrected chi connectivity index (χ4v) is 3.19. The SMILES string of the molecule is O=C(CCN1C(=O)CCC1=O)NC1(c2ccccc2)CCC1. The Labute approximate surface area is 129 Å². The molecule has 1 N–H and O–H groups in total. The van der Waals surface area contributed by atoms with E-state index in [9.17, 15) is 14.4 Å². The lowest BCUT2D eigenvalue weighted by atomic mass is 9.71. The lowest BCUT2D eigenvalue weighted by Gasteiger charge is -2.43. The van der Waals surface area contributed by atoms with E-state index in [1.807, 2.05) is 30.3 Å². The molecule has 3 amide bonds. The summed E-state index contributed by atoms with van der Waals surface area (Å²) in [5.74, 6) is -0.436. The summed E-state index contributed by atoms with van der Waals surface area (Å²) >= 11 is 0. The van der Waals surface area contributed by atoms with Crippen LogP contribution in [0.25, 0.3) is 0 Å². The van der Waals surface area contributed by atoms with Gasteiger partial charge in [0, 0.05) is 25.8 Å². The second kappa shape index (κ2) is 5.91. The molecule has 1 heterocycles. The average Bonchev–Trinajstić information content (AvgIpc) is 2.81. The summed E-state index contributed by atoms with van der Waals surface area (Å²) in [4.78, 5) is 36.5. The molecule has 0 spiro atoms. The number of amides is 3. The summed E-state index contributed by atoms with van der Waals surface area (Å²) in [5, 5.41) is 3.11. The number of hydrogen-bond donors (Lipinski definition) is 1. The number of hydrogen-bond acceptors (Lipinski definition) is 3. The molecule has 2 fully saturated rings. The molecule has 2 aliphatic rings. The Balaban J connectivity index is 1.59. The molecular weight excluding hydrogens is 280 g/mol. The Bertz CT molecular complexity index is 577. The molecule has 5 heteroatoms. The number of imide groups is 1. The van der Waals surface area contributed by atoms with Gasteiger partial charge in [-0.1, -0.05) is 30.3 Å². The number of nitrogens with zero attached hydrogens (tertiary/aromatic N) is 1. The first-order chi connectivity index (χ1) is 10.6. The molecule has 0 bridgehead atoms. The van der Waals surface area contributed by atoms with E-state index in [4.69, 9.17) is 0 Å². The zero-order valence-corrected chi connectivity index (χ0v) is 12.5. The maximum absolute atomic E-state index is 12.2. The van der Waals surface area contributed by atoms with E-state index in [1.54, 1.807) is 0 Å². The van der Waals surface area contributed by atoms with Gasteiger partial charge < -0.3 is 5.32 Å².